The number of rotatable bonds is 6. The Bertz CT molecular complexity index is 1460. The number of amides is 2. The summed E-state index contributed by atoms with van der Waals surface area (Å²) in [6.45, 7) is 0.617. The second-order valence-corrected chi connectivity index (χ2v) is 10.3. The van der Waals surface area contributed by atoms with Crippen molar-refractivity contribution in [3.63, 3.8) is 0 Å². The van der Waals surface area contributed by atoms with Crippen LogP contribution in [0.2, 0.25) is 5.02 Å². The molecular weight excluding hydrogens is 546 g/mol. The number of fused-ring (bicyclic) bond motifs is 1. The number of carbonyl (C=O) groups excluding carboxylic acids is 2. The maximum atomic E-state index is 12.9. The molecule has 1 saturated heterocycles. The predicted molar refractivity (Wildman–Crippen MR) is 145 cm³/mol. The number of ether oxygens (including phenoxy) is 1. The number of hydrogen-bond acceptors (Lipinski definition) is 4. The molecule has 174 valence electrons. The van der Waals surface area contributed by atoms with Gasteiger partial charge in [-0.3, -0.25) is 14.5 Å². The Hall–Kier alpha value is -3.06. The van der Waals surface area contributed by atoms with E-state index in [-0.39, 0.29) is 17.7 Å². The van der Waals surface area contributed by atoms with Crippen molar-refractivity contribution in [1.82, 2.24) is 4.90 Å². The van der Waals surface area contributed by atoms with Gasteiger partial charge in [0.15, 0.2) is 0 Å². The van der Waals surface area contributed by atoms with Crippen LogP contribution in [-0.4, -0.2) is 16.0 Å². The van der Waals surface area contributed by atoms with E-state index in [0.717, 1.165) is 43.7 Å². The molecule has 0 aliphatic carbocycles. The van der Waals surface area contributed by atoms with Gasteiger partial charge in [-0.15, -0.1) is 0 Å². The smallest absolute Gasteiger partial charge is 0.293 e. The van der Waals surface area contributed by atoms with E-state index in [1.807, 2.05) is 54.6 Å². The molecule has 35 heavy (non-hydrogen) atoms. The zero-order valence-corrected chi connectivity index (χ0v) is 21.6. The van der Waals surface area contributed by atoms with Crippen LogP contribution in [0, 0.1) is 0 Å². The van der Waals surface area contributed by atoms with Gasteiger partial charge < -0.3 is 4.74 Å². The van der Waals surface area contributed by atoms with E-state index in [1.54, 1.807) is 18.2 Å². The average molecular weight is 565 g/mol. The molecule has 4 aromatic rings. The van der Waals surface area contributed by atoms with Crippen LogP contribution < -0.4 is 4.74 Å². The summed E-state index contributed by atoms with van der Waals surface area (Å²) in [4.78, 5) is 26.9. The van der Waals surface area contributed by atoms with E-state index in [0.29, 0.717) is 22.3 Å². The minimum Gasteiger partial charge on any atom is -0.487 e. The Balaban J connectivity index is 1.29. The van der Waals surface area contributed by atoms with Crippen LogP contribution in [0.1, 0.15) is 16.7 Å². The van der Waals surface area contributed by atoms with E-state index in [9.17, 15) is 9.59 Å². The summed E-state index contributed by atoms with van der Waals surface area (Å²) >= 11 is 10.8. The standard InChI is InChI=1S/C28H19BrClNO3S/c29-22-11-8-18(9-12-22)16-31-27(32)26(35-28(31)33)15-19-10-13-25(24(30)14-19)34-17-21-6-3-5-20-4-1-2-7-23(20)21/h1-15H,16-17H2/b26-15-. The quantitative estimate of drug-likeness (QED) is 0.222. The summed E-state index contributed by atoms with van der Waals surface area (Å²) in [7, 11) is 0. The summed E-state index contributed by atoms with van der Waals surface area (Å²) < 4.78 is 6.94. The largest absolute Gasteiger partial charge is 0.487 e. The number of thioether (sulfide) groups is 1. The topological polar surface area (TPSA) is 46.6 Å². The minimum atomic E-state index is -0.310. The van der Waals surface area contributed by atoms with Crippen molar-refractivity contribution in [3.8, 4) is 5.75 Å². The second kappa shape index (κ2) is 10.3. The Labute approximate surface area is 220 Å². The number of halogens is 2. The number of carbonyl (C=O) groups is 2. The second-order valence-electron chi connectivity index (χ2n) is 8.01. The molecule has 5 rings (SSSR count). The first-order chi connectivity index (χ1) is 17.0. The molecule has 0 atom stereocenters. The first-order valence-electron chi connectivity index (χ1n) is 10.9. The van der Waals surface area contributed by atoms with Gasteiger partial charge in [0.05, 0.1) is 16.5 Å². The molecule has 0 aromatic heterocycles. The zero-order valence-electron chi connectivity index (χ0n) is 18.4. The van der Waals surface area contributed by atoms with Gasteiger partial charge >= 0.3 is 0 Å². The van der Waals surface area contributed by atoms with Crippen molar-refractivity contribution in [2.24, 2.45) is 0 Å². The summed E-state index contributed by atoms with van der Waals surface area (Å²) in [5.74, 6) is 0.246. The van der Waals surface area contributed by atoms with Crippen molar-refractivity contribution >= 4 is 67.3 Å². The van der Waals surface area contributed by atoms with Gasteiger partial charge in [-0.2, -0.15) is 0 Å². The highest BCUT2D eigenvalue weighted by atomic mass is 79.9. The van der Waals surface area contributed by atoms with E-state index in [1.165, 1.54) is 4.90 Å². The number of hydrogen-bond donors (Lipinski definition) is 0. The van der Waals surface area contributed by atoms with Gasteiger partial charge in [0.25, 0.3) is 11.1 Å². The number of benzene rings is 4. The molecule has 2 amide bonds. The van der Waals surface area contributed by atoms with Crippen LogP contribution in [-0.2, 0) is 17.9 Å². The molecule has 7 heteroatoms. The zero-order chi connectivity index (χ0) is 24.4. The fourth-order valence-corrected chi connectivity index (χ4v) is 5.20. The van der Waals surface area contributed by atoms with Crippen molar-refractivity contribution in [3.05, 3.63) is 116 Å². The van der Waals surface area contributed by atoms with Gasteiger partial charge in [-0.25, -0.2) is 0 Å². The fraction of sp³-hybridized carbons (Fsp3) is 0.0714. The lowest BCUT2D eigenvalue weighted by Crippen LogP contribution is -2.27. The third-order valence-corrected chi connectivity index (χ3v) is 7.38. The lowest BCUT2D eigenvalue weighted by molar-refractivity contribution is -0.123. The molecule has 0 radical (unpaired) electrons. The van der Waals surface area contributed by atoms with Crippen molar-refractivity contribution < 1.29 is 14.3 Å². The Morgan fingerprint density at radius 3 is 2.51 bits per heavy atom. The lowest BCUT2D eigenvalue weighted by atomic mass is 10.1. The van der Waals surface area contributed by atoms with Crippen LogP contribution in [0.15, 0.2) is 94.3 Å². The van der Waals surface area contributed by atoms with Gasteiger partial charge in [0.1, 0.15) is 12.4 Å². The van der Waals surface area contributed by atoms with Gasteiger partial charge in [-0.1, -0.05) is 88.2 Å². The van der Waals surface area contributed by atoms with E-state index >= 15 is 0 Å². The highest BCUT2D eigenvalue weighted by molar-refractivity contribution is 9.10. The Kier molecular flexibility index (Phi) is 6.95. The third kappa shape index (κ3) is 5.30. The first kappa shape index (κ1) is 23.7. The number of nitrogens with zero attached hydrogens (tertiary/aromatic N) is 1. The molecule has 0 spiro atoms. The molecular formula is C28H19BrClNO3S. The monoisotopic (exact) mass is 563 g/mol. The predicted octanol–water partition coefficient (Wildman–Crippen LogP) is 8.07. The van der Waals surface area contributed by atoms with Crippen LogP contribution in [0.4, 0.5) is 4.79 Å². The van der Waals surface area contributed by atoms with Gasteiger partial charge in [-0.05, 0) is 69.6 Å². The molecule has 4 nitrogen and oxygen atoms in total. The lowest BCUT2D eigenvalue weighted by Gasteiger charge is -2.12. The van der Waals surface area contributed by atoms with E-state index < -0.39 is 0 Å². The van der Waals surface area contributed by atoms with E-state index in [2.05, 4.69) is 34.1 Å². The van der Waals surface area contributed by atoms with Crippen molar-refractivity contribution in [2.45, 2.75) is 13.2 Å². The molecule has 0 bridgehead atoms. The molecule has 1 aliphatic heterocycles. The van der Waals surface area contributed by atoms with Crippen LogP contribution in [0.5, 0.6) is 5.75 Å². The molecule has 1 heterocycles. The fourth-order valence-electron chi connectivity index (χ4n) is 3.86. The first-order valence-corrected chi connectivity index (χ1v) is 12.9. The molecule has 1 aliphatic rings. The third-order valence-electron chi connectivity index (χ3n) is 5.64. The maximum Gasteiger partial charge on any atom is 0.293 e. The van der Waals surface area contributed by atoms with Crippen molar-refractivity contribution in [1.29, 1.82) is 0 Å². The summed E-state index contributed by atoms with van der Waals surface area (Å²) in [5, 5.41) is 2.45. The summed E-state index contributed by atoms with van der Waals surface area (Å²) in [6.07, 6.45) is 1.69. The Morgan fingerprint density at radius 2 is 1.71 bits per heavy atom. The van der Waals surface area contributed by atoms with E-state index in [4.69, 9.17) is 16.3 Å². The highest BCUT2D eigenvalue weighted by Crippen LogP contribution is 2.35. The molecule has 0 saturated carbocycles. The summed E-state index contributed by atoms with van der Waals surface area (Å²) in [6, 6.07) is 27.2. The van der Waals surface area contributed by atoms with Gasteiger partial charge in [0, 0.05) is 4.47 Å². The number of imide groups is 1. The SMILES string of the molecule is O=C1S/C(=C\c2ccc(OCc3cccc4ccccc34)c(Cl)c2)C(=O)N1Cc1ccc(Br)cc1. The van der Waals surface area contributed by atoms with Crippen LogP contribution in [0.25, 0.3) is 16.8 Å². The van der Waals surface area contributed by atoms with Crippen LogP contribution >= 0.6 is 39.3 Å². The van der Waals surface area contributed by atoms with Crippen molar-refractivity contribution in [2.75, 3.05) is 0 Å². The minimum absolute atomic E-state index is 0.233. The van der Waals surface area contributed by atoms with Crippen LogP contribution in [0.3, 0.4) is 0 Å². The maximum absolute atomic E-state index is 12.9. The normalized spacial score (nSPS) is 14.8. The van der Waals surface area contributed by atoms with Gasteiger partial charge in [0.2, 0.25) is 0 Å². The summed E-state index contributed by atoms with van der Waals surface area (Å²) in [5.41, 5.74) is 2.68. The molecule has 0 unspecified atom stereocenters. The highest BCUT2D eigenvalue weighted by Gasteiger charge is 2.35. The Morgan fingerprint density at radius 1 is 0.943 bits per heavy atom. The average Bonchev–Trinajstić information content (AvgIpc) is 3.12. The molecule has 0 N–H and O–H groups in total. The molecule has 4 aromatic carbocycles. The molecule has 1 fully saturated rings.